The summed E-state index contributed by atoms with van der Waals surface area (Å²) in [6.07, 6.45) is 1.59. The Balaban J connectivity index is 1.56. The quantitative estimate of drug-likeness (QED) is 0.859. The number of thioether (sulfide) groups is 1. The fourth-order valence-electron chi connectivity index (χ4n) is 2.09. The topological polar surface area (TPSA) is 60.7 Å². The van der Waals surface area contributed by atoms with E-state index in [1.807, 2.05) is 31.2 Å². The third-order valence-corrected chi connectivity index (χ3v) is 4.31. The van der Waals surface area contributed by atoms with E-state index in [2.05, 4.69) is 5.32 Å². The van der Waals surface area contributed by atoms with E-state index < -0.39 is 0 Å². The molecule has 116 valence electrons. The molecule has 0 spiro atoms. The van der Waals surface area contributed by atoms with Gasteiger partial charge in [-0.2, -0.15) is 0 Å². The molecule has 2 aromatic rings. The lowest BCUT2D eigenvalue weighted by molar-refractivity contribution is -0.120. The van der Waals surface area contributed by atoms with Crippen LogP contribution < -0.4 is 14.8 Å². The largest absolute Gasteiger partial charge is 0.486 e. The van der Waals surface area contributed by atoms with Gasteiger partial charge in [-0.1, -0.05) is 0 Å². The summed E-state index contributed by atoms with van der Waals surface area (Å²) < 4.78 is 16.2. The molecule has 0 fully saturated rings. The molecule has 2 heterocycles. The van der Waals surface area contributed by atoms with Crippen molar-refractivity contribution in [2.24, 2.45) is 0 Å². The van der Waals surface area contributed by atoms with Gasteiger partial charge in [-0.25, -0.2) is 0 Å². The summed E-state index contributed by atoms with van der Waals surface area (Å²) in [6.45, 7) is 3.40. The van der Waals surface area contributed by atoms with Crippen molar-refractivity contribution < 1.29 is 18.7 Å². The van der Waals surface area contributed by atoms with E-state index in [-0.39, 0.29) is 11.2 Å². The van der Waals surface area contributed by atoms with Crippen LogP contribution in [-0.4, -0.2) is 24.4 Å². The summed E-state index contributed by atoms with van der Waals surface area (Å²) in [4.78, 5) is 13.1. The van der Waals surface area contributed by atoms with Crippen molar-refractivity contribution in [1.82, 2.24) is 5.32 Å². The Bertz CT molecular complexity index is 642. The molecule has 1 aliphatic heterocycles. The fourth-order valence-corrected chi connectivity index (χ4v) is 3.01. The van der Waals surface area contributed by atoms with E-state index in [0.29, 0.717) is 19.8 Å². The van der Waals surface area contributed by atoms with Gasteiger partial charge >= 0.3 is 0 Å². The first-order chi connectivity index (χ1) is 10.7. The van der Waals surface area contributed by atoms with Gasteiger partial charge in [-0.05, 0) is 37.3 Å². The van der Waals surface area contributed by atoms with Gasteiger partial charge in [-0.15, -0.1) is 11.8 Å². The maximum atomic E-state index is 12.1. The lowest BCUT2D eigenvalue weighted by Crippen LogP contribution is -2.30. The number of carbonyl (C=O) groups excluding carboxylic acids is 1. The van der Waals surface area contributed by atoms with E-state index in [1.165, 1.54) is 11.8 Å². The van der Waals surface area contributed by atoms with Crippen LogP contribution in [0.25, 0.3) is 0 Å². The molecule has 5 nitrogen and oxygen atoms in total. The van der Waals surface area contributed by atoms with Gasteiger partial charge in [0.05, 0.1) is 18.1 Å². The number of furan rings is 1. The zero-order valence-corrected chi connectivity index (χ0v) is 13.0. The van der Waals surface area contributed by atoms with Crippen LogP contribution in [0.5, 0.6) is 11.5 Å². The molecule has 1 atom stereocenters. The molecule has 0 aliphatic carbocycles. The predicted octanol–water partition coefficient (Wildman–Crippen LogP) is 2.85. The third kappa shape index (κ3) is 3.57. The first-order valence-corrected chi connectivity index (χ1v) is 7.97. The Hall–Kier alpha value is -2.08. The van der Waals surface area contributed by atoms with Gasteiger partial charge in [0.1, 0.15) is 19.0 Å². The van der Waals surface area contributed by atoms with Crippen LogP contribution >= 0.6 is 11.8 Å². The van der Waals surface area contributed by atoms with Crippen molar-refractivity contribution in [2.45, 2.75) is 23.6 Å². The molecule has 0 saturated carbocycles. The first-order valence-electron chi connectivity index (χ1n) is 7.09. The smallest absolute Gasteiger partial charge is 0.233 e. The molecule has 0 radical (unpaired) electrons. The monoisotopic (exact) mass is 319 g/mol. The van der Waals surface area contributed by atoms with Crippen molar-refractivity contribution in [1.29, 1.82) is 0 Å². The minimum Gasteiger partial charge on any atom is -0.486 e. The van der Waals surface area contributed by atoms with Gasteiger partial charge in [0.2, 0.25) is 5.91 Å². The standard InChI is InChI=1S/C16H17NO4S/c1-11(16(18)17-10-12-3-2-6-19-12)22-13-4-5-14-15(9-13)21-8-7-20-14/h2-6,9,11H,7-8,10H2,1H3,(H,17,18)/t11-/m1/s1. The van der Waals surface area contributed by atoms with E-state index in [1.54, 1.807) is 12.3 Å². The molecule has 1 N–H and O–H groups in total. The second-order valence-corrected chi connectivity index (χ2v) is 6.28. The van der Waals surface area contributed by atoms with Crippen LogP contribution in [0.15, 0.2) is 45.9 Å². The minimum atomic E-state index is -0.211. The lowest BCUT2D eigenvalue weighted by atomic mass is 10.3. The SMILES string of the molecule is C[C@@H](Sc1ccc2c(c1)OCCO2)C(=O)NCc1ccco1. The van der Waals surface area contributed by atoms with Crippen LogP contribution in [0.3, 0.4) is 0 Å². The fraction of sp³-hybridized carbons (Fsp3) is 0.312. The summed E-state index contributed by atoms with van der Waals surface area (Å²) in [5.41, 5.74) is 0. The minimum absolute atomic E-state index is 0.0312. The molecule has 0 unspecified atom stereocenters. The average molecular weight is 319 g/mol. The Morgan fingerprint density at radius 2 is 2.09 bits per heavy atom. The van der Waals surface area contributed by atoms with E-state index in [0.717, 1.165) is 22.2 Å². The molecule has 1 aliphatic rings. The van der Waals surface area contributed by atoms with E-state index in [9.17, 15) is 4.79 Å². The average Bonchev–Trinajstić information content (AvgIpc) is 3.06. The summed E-state index contributed by atoms with van der Waals surface area (Å²) in [5, 5.41) is 2.65. The summed E-state index contributed by atoms with van der Waals surface area (Å²) in [5.74, 6) is 2.20. The molecule has 0 bridgehead atoms. The van der Waals surface area contributed by atoms with Crippen molar-refractivity contribution in [3.8, 4) is 11.5 Å². The number of hydrogen-bond donors (Lipinski definition) is 1. The number of benzene rings is 1. The van der Waals surface area contributed by atoms with Gasteiger partial charge < -0.3 is 19.2 Å². The molecule has 3 rings (SSSR count). The molecule has 1 amide bonds. The van der Waals surface area contributed by atoms with Crippen molar-refractivity contribution in [3.63, 3.8) is 0 Å². The van der Waals surface area contributed by atoms with Crippen LogP contribution in [0.2, 0.25) is 0 Å². The molecular formula is C16H17NO4S. The summed E-state index contributed by atoms with van der Waals surface area (Å²) in [6, 6.07) is 9.36. The molecule has 22 heavy (non-hydrogen) atoms. The van der Waals surface area contributed by atoms with Crippen molar-refractivity contribution >= 4 is 17.7 Å². The predicted molar refractivity (Wildman–Crippen MR) is 83.3 cm³/mol. The Labute approximate surface area is 133 Å². The second kappa shape index (κ2) is 6.79. The number of fused-ring (bicyclic) bond motifs is 1. The number of amides is 1. The number of carbonyl (C=O) groups is 1. The normalized spacial score (nSPS) is 14.4. The van der Waals surface area contributed by atoms with Gasteiger partial charge in [0, 0.05) is 4.90 Å². The Kier molecular flexibility index (Phi) is 4.58. The van der Waals surface area contributed by atoms with Crippen molar-refractivity contribution in [3.05, 3.63) is 42.4 Å². The highest BCUT2D eigenvalue weighted by Crippen LogP contribution is 2.35. The zero-order chi connectivity index (χ0) is 15.4. The van der Waals surface area contributed by atoms with Crippen LogP contribution in [-0.2, 0) is 11.3 Å². The number of rotatable bonds is 5. The lowest BCUT2D eigenvalue weighted by Gasteiger charge is -2.19. The van der Waals surface area contributed by atoms with Crippen molar-refractivity contribution in [2.75, 3.05) is 13.2 Å². The van der Waals surface area contributed by atoms with Crippen LogP contribution in [0.4, 0.5) is 0 Å². The highest BCUT2D eigenvalue weighted by molar-refractivity contribution is 8.00. The highest BCUT2D eigenvalue weighted by atomic mass is 32.2. The Morgan fingerprint density at radius 1 is 1.27 bits per heavy atom. The number of nitrogens with one attached hydrogen (secondary N) is 1. The number of ether oxygens (including phenoxy) is 2. The maximum Gasteiger partial charge on any atom is 0.233 e. The molecule has 1 aromatic heterocycles. The summed E-state index contributed by atoms with van der Waals surface area (Å²) in [7, 11) is 0. The second-order valence-electron chi connectivity index (χ2n) is 4.86. The Morgan fingerprint density at radius 3 is 2.86 bits per heavy atom. The van der Waals surface area contributed by atoms with Gasteiger partial charge in [0.15, 0.2) is 11.5 Å². The molecule has 0 saturated heterocycles. The maximum absolute atomic E-state index is 12.1. The van der Waals surface area contributed by atoms with E-state index in [4.69, 9.17) is 13.9 Å². The summed E-state index contributed by atoms with van der Waals surface area (Å²) >= 11 is 1.48. The van der Waals surface area contributed by atoms with Crippen LogP contribution in [0.1, 0.15) is 12.7 Å². The first kappa shape index (κ1) is 14.8. The van der Waals surface area contributed by atoms with Gasteiger partial charge in [-0.3, -0.25) is 4.79 Å². The molecular weight excluding hydrogens is 302 g/mol. The highest BCUT2D eigenvalue weighted by Gasteiger charge is 2.17. The molecule has 1 aromatic carbocycles. The molecule has 6 heteroatoms. The number of hydrogen-bond acceptors (Lipinski definition) is 5. The van der Waals surface area contributed by atoms with Crippen LogP contribution in [0, 0.1) is 0 Å². The van der Waals surface area contributed by atoms with Gasteiger partial charge in [0.25, 0.3) is 0 Å². The zero-order valence-electron chi connectivity index (χ0n) is 12.2. The van der Waals surface area contributed by atoms with E-state index >= 15 is 0 Å². The third-order valence-electron chi connectivity index (χ3n) is 3.21.